The number of ether oxygens (including phenoxy) is 2. The van der Waals surface area contributed by atoms with Crippen LogP contribution in [0, 0.1) is 0 Å². The zero-order chi connectivity index (χ0) is 23.4. The average molecular weight is 458 g/mol. The van der Waals surface area contributed by atoms with Crippen LogP contribution in [0.5, 0.6) is 11.5 Å². The molecule has 0 saturated carbocycles. The minimum Gasteiger partial charge on any atom is -0.435 e. The fraction of sp³-hybridized carbons (Fsp3) is 0.125. The lowest BCUT2D eigenvalue weighted by atomic mass is 10.1. The fourth-order valence-electron chi connectivity index (χ4n) is 3.49. The molecule has 1 aliphatic heterocycles. The van der Waals surface area contributed by atoms with Gasteiger partial charge in [-0.1, -0.05) is 30.3 Å². The van der Waals surface area contributed by atoms with Gasteiger partial charge in [0.25, 0.3) is 5.91 Å². The lowest BCUT2D eigenvalue weighted by Crippen LogP contribution is -2.30. The molecule has 1 aliphatic rings. The maximum Gasteiger partial charge on any atom is 0.387 e. The summed E-state index contributed by atoms with van der Waals surface area (Å²) in [5.74, 6) is -0.370. The third kappa shape index (κ3) is 5.25. The number of hydrogen-bond acceptors (Lipinski definition) is 4. The van der Waals surface area contributed by atoms with E-state index in [9.17, 15) is 22.4 Å². The molecule has 0 saturated heterocycles. The number of benzene rings is 3. The Bertz CT molecular complexity index is 1120. The van der Waals surface area contributed by atoms with Crippen LogP contribution in [0.2, 0.25) is 0 Å². The van der Waals surface area contributed by atoms with Crippen LogP contribution in [-0.2, 0) is 4.79 Å². The molecule has 0 fully saturated rings. The predicted molar refractivity (Wildman–Crippen MR) is 115 cm³/mol. The summed E-state index contributed by atoms with van der Waals surface area (Å²) >= 11 is 0. The monoisotopic (exact) mass is 458 g/mol. The van der Waals surface area contributed by atoms with Gasteiger partial charge in [-0.15, -0.1) is 0 Å². The van der Waals surface area contributed by atoms with E-state index in [0.29, 0.717) is 11.4 Å². The highest BCUT2D eigenvalue weighted by molar-refractivity contribution is 6.11. The Morgan fingerprint density at radius 3 is 1.85 bits per heavy atom. The van der Waals surface area contributed by atoms with Gasteiger partial charge in [0.1, 0.15) is 17.2 Å². The van der Waals surface area contributed by atoms with Gasteiger partial charge < -0.3 is 14.8 Å². The van der Waals surface area contributed by atoms with Crippen molar-refractivity contribution in [2.45, 2.75) is 19.3 Å². The quantitative estimate of drug-likeness (QED) is 0.423. The molecule has 3 aromatic rings. The molecule has 9 heteroatoms. The van der Waals surface area contributed by atoms with Gasteiger partial charge in [0.05, 0.1) is 6.04 Å². The molecule has 0 bridgehead atoms. The number of carbonyl (C=O) groups is 1. The van der Waals surface area contributed by atoms with Crippen LogP contribution in [0.3, 0.4) is 0 Å². The van der Waals surface area contributed by atoms with Gasteiger partial charge in [0.2, 0.25) is 0 Å². The van der Waals surface area contributed by atoms with Crippen LogP contribution in [-0.4, -0.2) is 19.1 Å². The van der Waals surface area contributed by atoms with Crippen molar-refractivity contribution < 1.29 is 31.8 Å². The van der Waals surface area contributed by atoms with Gasteiger partial charge in [-0.2, -0.15) is 17.6 Å². The van der Waals surface area contributed by atoms with E-state index in [0.717, 1.165) is 5.56 Å². The summed E-state index contributed by atoms with van der Waals surface area (Å²) < 4.78 is 58.4. The summed E-state index contributed by atoms with van der Waals surface area (Å²) in [6.07, 6.45) is 1.74. The first kappa shape index (κ1) is 22.2. The van der Waals surface area contributed by atoms with Gasteiger partial charge in [-0.3, -0.25) is 9.69 Å². The first-order chi connectivity index (χ1) is 15.9. The second-order valence-electron chi connectivity index (χ2n) is 7.01. The maximum absolute atomic E-state index is 13.3. The highest BCUT2D eigenvalue weighted by atomic mass is 19.3. The second kappa shape index (κ2) is 9.64. The molecule has 1 heterocycles. The molecule has 0 spiro atoms. The number of hydrogen-bond donors (Lipinski definition) is 1. The summed E-state index contributed by atoms with van der Waals surface area (Å²) in [5, 5.41) is 3.01. The number of carbonyl (C=O) groups excluding carboxylic acids is 1. The van der Waals surface area contributed by atoms with Gasteiger partial charge in [-0.05, 0) is 60.2 Å². The van der Waals surface area contributed by atoms with E-state index in [1.807, 2.05) is 30.3 Å². The first-order valence-electron chi connectivity index (χ1n) is 9.88. The van der Waals surface area contributed by atoms with E-state index in [4.69, 9.17) is 0 Å². The highest BCUT2D eigenvalue weighted by Crippen LogP contribution is 2.37. The third-order valence-electron chi connectivity index (χ3n) is 4.89. The molecular formula is C24H18F4N2O3. The maximum atomic E-state index is 13.3. The number of rotatable bonds is 8. The van der Waals surface area contributed by atoms with Crippen molar-refractivity contribution in [3.8, 4) is 11.5 Å². The topological polar surface area (TPSA) is 50.8 Å². The summed E-state index contributed by atoms with van der Waals surface area (Å²) in [7, 11) is 0. The molecule has 0 radical (unpaired) electrons. The van der Waals surface area contributed by atoms with Crippen LogP contribution in [0.1, 0.15) is 11.6 Å². The molecule has 5 nitrogen and oxygen atoms in total. The zero-order valence-electron chi connectivity index (χ0n) is 17.0. The van der Waals surface area contributed by atoms with Gasteiger partial charge in [0, 0.05) is 11.4 Å². The molecule has 1 amide bonds. The minimum atomic E-state index is -2.95. The molecule has 1 unspecified atom stereocenters. The van der Waals surface area contributed by atoms with E-state index in [-0.39, 0.29) is 23.1 Å². The average Bonchev–Trinajstić information content (AvgIpc) is 3.11. The van der Waals surface area contributed by atoms with Crippen LogP contribution in [0.25, 0.3) is 0 Å². The Balaban J connectivity index is 1.60. The van der Waals surface area contributed by atoms with E-state index in [2.05, 4.69) is 14.8 Å². The molecule has 0 aliphatic carbocycles. The van der Waals surface area contributed by atoms with Crippen molar-refractivity contribution >= 4 is 17.3 Å². The van der Waals surface area contributed by atoms with Crippen molar-refractivity contribution in [3.63, 3.8) is 0 Å². The second-order valence-corrected chi connectivity index (χ2v) is 7.01. The standard InChI is InChI=1S/C24H18F4N2O3/c25-23(26)32-18-10-6-16(7-11-18)29-20-14-21(15-4-2-1-3-5-15)30(22(20)31)17-8-12-19(13-9-17)33-24(27)28/h1-14,21,23-24,29H. The van der Waals surface area contributed by atoms with Gasteiger partial charge in [0.15, 0.2) is 0 Å². The smallest absolute Gasteiger partial charge is 0.387 e. The Morgan fingerprint density at radius 1 is 0.758 bits per heavy atom. The number of anilines is 2. The first-order valence-corrected chi connectivity index (χ1v) is 9.88. The normalized spacial score (nSPS) is 15.7. The number of alkyl halides is 4. The largest absolute Gasteiger partial charge is 0.435 e. The van der Waals surface area contributed by atoms with E-state index in [1.54, 1.807) is 6.08 Å². The van der Waals surface area contributed by atoms with Crippen LogP contribution < -0.4 is 19.7 Å². The van der Waals surface area contributed by atoms with Crippen molar-refractivity contribution in [1.29, 1.82) is 0 Å². The Kier molecular flexibility index (Phi) is 6.48. The summed E-state index contributed by atoms with van der Waals surface area (Å²) in [6.45, 7) is -5.88. The summed E-state index contributed by atoms with van der Waals surface area (Å²) in [5.41, 5.74) is 2.12. The number of amides is 1. The Hall–Kier alpha value is -4.01. The minimum absolute atomic E-state index is 0.00262. The predicted octanol–water partition coefficient (Wildman–Crippen LogP) is 5.97. The van der Waals surface area contributed by atoms with Crippen molar-refractivity contribution in [1.82, 2.24) is 0 Å². The Morgan fingerprint density at radius 2 is 1.30 bits per heavy atom. The molecular weight excluding hydrogens is 440 g/mol. The third-order valence-corrected chi connectivity index (χ3v) is 4.89. The van der Waals surface area contributed by atoms with E-state index in [1.165, 1.54) is 53.4 Å². The van der Waals surface area contributed by atoms with E-state index < -0.39 is 19.3 Å². The van der Waals surface area contributed by atoms with Crippen molar-refractivity contribution in [2.24, 2.45) is 0 Å². The molecule has 33 heavy (non-hydrogen) atoms. The molecule has 0 aromatic heterocycles. The lowest BCUT2D eigenvalue weighted by Gasteiger charge is -2.25. The number of nitrogens with one attached hydrogen (secondary N) is 1. The van der Waals surface area contributed by atoms with Gasteiger partial charge in [-0.25, -0.2) is 0 Å². The number of halogens is 4. The number of nitrogens with zero attached hydrogens (tertiary/aromatic N) is 1. The van der Waals surface area contributed by atoms with Crippen molar-refractivity contribution in [2.75, 3.05) is 10.2 Å². The van der Waals surface area contributed by atoms with E-state index >= 15 is 0 Å². The molecule has 1 N–H and O–H groups in total. The Labute approximate surface area is 186 Å². The highest BCUT2D eigenvalue weighted by Gasteiger charge is 2.34. The SMILES string of the molecule is O=C1C(Nc2ccc(OC(F)F)cc2)=CC(c2ccccc2)N1c1ccc(OC(F)F)cc1. The lowest BCUT2D eigenvalue weighted by molar-refractivity contribution is -0.114. The molecule has 3 aromatic carbocycles. The van der Waals surface area contributed by atoms with Crippen LogP contribution >= 0.6 is 0 Å². The van der Waals surface area contributed by atoms with Crippen molar-refractivity contribution in [3.05, 3.63) is 96.2 Å². The van der Waals surface area contributed by atoms with Gasteiger partial charge >= 0.3 is 13.2 Å². The molecule has 1 atom stereocenters. The zero-order valence-corrected chi connectivity index (χ0v) is 17.0. The molecule has 170 valence electrons. The molecule has 4 rings (SSSR count). The van der Waals surface area contributed by atoms with Crippen LogP contribution in [0.15, 0.2) is 90.6 Å². The summed E-state index contributed by atoms with van der Waals surface area (Å²) in [4.78, 5) is 14.8. The van der Waals surface area contributed by atoms with Crippen LogP contribution in [0.4, 0.5) is 28.9 Å². The summed E-state index contributed by atoms with van der Waals surface area (Å²) in [6, 6.07) is 20.4. The fourth-order valence-corrected chi connectivity index (χ4v) is 3.49.